The maximum atomic E-state index is 15.3. The minimum atomic E-state index is -3.76. The van der Waals surface area contributed by atoms with Crippen LogP contribution in [-0.2, 0) is 22.8 Å². The number of hydrogen-bond donors (Lipinski definition) is 2. The molecule has 2 heterocycles. The lowest BCUT2D eigenvalue weighted by Gasteiger charge is -2.22. The molecule has 2 N–H and O–H groups in total. The second-order valence-corrected chi connectivity index (χ2v) is 12.5. The van der Waals surface area contributed by atoms with E-state index in [4.69, 9.17) is 4.74 Å². The van der Waals surface area contributed by atoms with Crippen molar-refractivity contribution in [2.75, 3.05) is 32.0 Å². The fraction of sp³-hybridized carbons (Fsp3) is 0.355. The zero-order valence-electron chi connectivity index (χ0n) is 23.2. The highest BCUT2D eigenvalue weighted by molar-refractivity contribution is 7.91. The standard InChI is InChI=1S/C31H34FN3O5S/c1-3-25-26(10-12-28(29(25)32)41(38,39)4-2)31(37)35-15-16-40-27-11-9-22(17-23(27)19-35)20-5-7-21(8-6-20)30(36)34-24-13-14-33-18-24/h5-12,17,24,33H,3-4,13-16,18-19H2,1-2H3,(H,34,36). The number of sulfone groups is 1. The Morgan fingerprint density at radius 2 is 1.83 bits per heavy atom. The summed E-state index contributed by atoms with van der Waals surface area (Å²) in [4.78, 5) is 27.4. The molecule has 8 nitrogen and oxygen atoms in total. The number of halogens is 1. The first-order valence-corrected chi connectivity index (χ1v) is 15.6. The average Bonchev–Trinajstić information content (AvgIpc) is 3.40. The number of rotatable bonds is 7. The lowest BCUT2D eigenvalue weighted by Crippen LogP contribution is -2.36. The molecule has 1 fully saturated rings. The molecule has 0 spiro atoms. The molecule has 0 aromatic heterocycles. The molecule has 216 valence electrons. The summed E-state index contributed by atoms with van der Waals surface area (Å²) in [7, 11) is -3.76. The van der Waals surface area contributed by atoms with Gasteiger partial charge in [0.2, 0.25) is 0 Å². The Morgan fingerprint density at radius 1 is 1.07 bits per heavy atom. The highest BCUT2D eigenvalue weighted by Gasteiger charge is 2.28. The molecule has 0 saturated carbocycles. The van der Waals surface area contributed by atoms with Gasteiger partial charge in [0, 0.05) is 41.4 Å². The van der Waals surface area contributed by atoms with E-state index in [1.54, 1.807) is 24.0 Å². The van der Waals surface area contributed by atoms with Gasteiger partial charge in [-0.3, -0.25) is 9.59 Å². The molecule has 1 saturated heterocycles. The van der Waals surface area contributed by atoms with Crippen LogP contribution >= 0.6 is 0 Å². The van der Waals surface area contributed by atoms with Crippen LogP contribution in [0.5, 0.6) is 5.75 Å². The molecule has 3 aromatic rings. The summed E-state index contributed by atoms with van der Waals surface area (Å²) >= 11 is 0. The molecule has 0 radical (unpaired) electrons. The van der Waals surface area contributed by atoms with E-state index in [1.165, 1.54) is 19.1 Å². The smallest absolute Gasteiger partial charge is 0.254 e. The zero-order chi connectivity index (χ0) is 29.1. The fourth-order valence-corrected chi connectivity index (χ4v) is 6.30. The minimum absolute atomic E-state index is 0.0944. The quantitative estimate of drug-likeness (QED) is 0.439. The van der Waals surface area contributed by atoms with Crippen LogP contribution in [0.2, 0.25) is 0 Å². The summed E-state index contributed by atoms with van der Waals surface area (Å²) in [6, 6.07) is 15.9. The van der Waals surface area contributed by atoms with Crippen molar-refractivity contribution in [2.24, 2.45) is 0 Å². The average molecular weight is 580 g/mol. The number of ether oxygens (including phenoxy) is 1. The van der Waals surface area contributed by atoms with E-state index in [1.807, 2.05) is 30.3 Å². The van der Waals surface area contributed by atoms with Crippen molar-refractivity contribution in [2.45, 2.75) is 44.2 Å². The third kappa shape index (κ3) is 5.99. The van der Waals surface area contributed by atoms with Gasteiger partial charge in [0.05, 0.1) is 12.3 Å². The van der Waals surface area contributed by atoms with Gasteiger partial charge in [-0.2, -0.15) is 0 Å². The van der Waals surface area contributed by atoms with Gasteiger partial charge in [-0.25, -0.2) is 12.8 Å². The van der Waals surface area contributed by atoms with Crippen LogP contribution in [0.3, 0.4) is 0 Å². The first kappa shape index (κ1) is 28.8. The molecule has 2 aliphatic rings. The molecule has 0 aliphatic carbocycles. The number of carbonyl (C=O) groups is 2. The SMILES string of the molecule is CCc1c(C(=O)N2CCOc3ccc(-c4ccc(C(=O)NC5CCNC5)cc4)cc3C2)ccc(S(=O)(=O)CC)c1F. The predicted molar refractivity (Wildman–Crippen MR) is 154 cm³/mol. The monoisotopic (exact) mass is 579 g/mol. The van der Waals surface area contributed by atoms with Gasteiger partial charge >= 0.3 is 0 Å². The fourth-order valence-electron chi connectivity index (χ4n) is 5.32. The Kier molecular flexibility index (Phi) is 8.42. The number of benzene rings is 3. The predicted octanol–water partition coefficient (Wildman–Crippen LogP) is 3.98. The molecule has 0 bridgehead atoms. The van der Waals surface area contributed by atoms with Crippen LogP contribution in [0.25, 0.3) is 11.1 Å². The van der Waals surface area contributed by atoms with Crippen LogP contribution in [0.4, 0.5) is 4.39 Å². The summed E-state index contributed by atoms with van der Waals surface area (Å²) in [6.07, 6.45) is 1.10. The highest BCUT2D eigenvalue weighted by Crippen LogP contribution is 2.31. The Bertz CT molecular complexity index is 1570. The lowest BCUT2D eigenvalue weighted by molar-refractivity contribution is 0.0731. The molecule has 2 amide bonds. The van der Waals surface area contributed by atoms with E-state index in [0.29, 0.717) is 17.9 Å². The van der Waals surface area contributed by atoms with Gasteiger partial charge in [0.25, 0.3) is 11.8 Å². The summed E-state index contributed by atoms with van der Waals surface area (Å²) in [5.41, 5.74) is 3.46. The number of hydrogen-bond acceptors (Lipinski definition) is 6. The largest absolute Gasteiger partial charge is 0.491 e. The van der Waals surface area contributed by atoms with E-state index in [2.05, 4.69) is 10.6 Å². The number of fused-ring (bicyclic) bond motifs is 1. The number of carbonyl (C=O) groups excluding carboxylic acids is 2. The third-order valence-electron chi connectivity index (χ3n) is 7.71. The maximum absolute atomic E-state index is 15.3. The molecule has 1 atom stereocenters. The molecule has 41 heavy (non-hydrogen) atoms. The van der Waals surface area contributed by atoms with Gasteiger partial charge in [-0.1, -0.05) is 32.0 Å². The van der Waals surface area contributed by atoms with Gasteiger partial charge in [-0.15, -0.1) is 0 Å². The van der Waals surface area contributed by atoms with Crippen molar-refractivity contribution in [3.8, 4) is 16.9 Å². The van der Waals surface area contributed by atoms with Gasteiger partial charge in [0.1, 0.15) is 23.1 Å². The number of amides is 2. The first-order valence-electron chi connectivity index (χ1n) is 13.9. The van der Waals surface area contributed by atoms with Crippen molar-refractivity contribution < 1.29 is 27.1 Å². The van der Waals surface area contributed by atoms with E-state index in [9.17, 15) is 18.0 Å². The maximum Gasteiger partial charge on any atom is 0.254 e. The summed E-state index contributed by atoms with van der Waals surface area (Å²) in [6.45, 7) is 5.65. The second-order valence-electron chi connectivity index (χ2n) is 10.3. The summed E-state index contributed by atoms with van der Waals surface area (Å²) in [5, 5.41) is 6.29. The number of nitrogens with zero attached hydrogens (tertiary/aromatic N) is 1. The molecule has 2 aliphatic heterocycles. The van der Waals surface area contributed by atoms with Crippen molar-refractivity contribution in [1.82, 2.24) is 15.5 Å². The normalized spacial score (nSPS) is 17.0. The van der Waals surface area contributed by atoms with Crippen molar-refractivity contribution >= 4 is 21.7 Å². The van der Waals surface area contributed by atoms with Crippen LogP contribution in [0.1, 0.15) is 52.1 Å². The second kappa shape index (κ2) is 12.0. The third-order valence-corrected chi connectivity index (χ3v) is 9.46. The van der Waals surface area contributed by atoms with Crippen LogP contribution < -0.4 is 15.4 Å². The highest BCUT2D eigenvalue weighted by atomic mass is 32.2. The van der Waals surface area contributed by atoms with E-state index >= 15 is 4.39 Å². The van der Waals surface area contributed by atoms with Crippen LogP contribution in [0, 0.1) is 5.82 Å². The van der Waals surface area contributed by atoms with Gasteiger partial charge < -0.3 is 20.3 Å². The first-order chi connectivity index (χ1) is 19.7. The van der Waals surface area contributed by atoms with E-state index in [-0.39, 0.29) is 59.2 Å². The summed E-state index contributed by atoms with van der Waals surface area (Å²) in [5.74, 6) is -0.895. The van der Waals surface area contributed by atoms with Gasteiger partial charge in [0.15, 0.2) is 9.84 Å². The molecular formula is C31H34FN3O5S. The van der Waals surface area contributed by atoms with Crippen molar-refractivity contribution in [3.63, 3.8) is 0 Å². The topological polar surface area (TPSA) is 105 Å². The Morgan fingerprint density at radius 3 is 2.51 bits per heavy atom. The Balaban J connectivity index is 1.37. The number of nitrogens with one attached hydrogen (secondary N) is 2. The Hall–Kier alpha value is -3.76. The minimum Gasteiger partial charge on any atom is -0.491 e. The zero-order valence-corrected chi connectivity index (χ0v) is 24.0. The molecule has 1 unspecified atom stereocenters. The summed E-state index contributed by atoms with van der Waals surface area (Å²) < 4.78 is 45.9. The van der Waals surface area contributed by atoms with E-state index in [0.717, 1.165) is 36.2 Å². The molecule has 3 aromatic carbocycles. The molecule has 5 rings (SSSR count). The Labute approximate surface area is 239 Å². The molecular weight excluding hydrogens is 545 g/mol. The van der Waals surface area contributed by atoms with Crippen molar-refractivity contribution in [1.29, 1.82) is 0 Å². The van der Waals surface area contributed by atoms with E-state index < -0.39 is 15.7 Å². The van der Waals surface area contributed by atoms with Crippen LogP contribution in [-0.4, -0.2) is 63.2 Å². The molecule has 10 heteroatoms. The van der Waals surface area contributed by atoms with Crippen molar-refractivity contribution in [3.05, 3.63) is 82.7 Å². The lowest BCUT2D eigenvalue weighted by atomic mass is 10.00. The van der Waals surface area contributed by atoms with Gasteiger partial charge in [-0.05, 0) is 66.9 Å². The van der Waals surface area contributed by atoms with Crippen LogP contribution in [0.15, 0.2) is 59.5 Å².